The van der Waals surface area contributed by atoms with Crippen molar-refractivity contribution < 1.29 is 4.79 Å². The molecule has 4 nitrogen and oxygen atoms in total. The van der Waals surface area contributed by atoms with Crippen molar-refractivity contribution in [1.82, 2.24) is 10.2 Å². The summed E-state index contributed by atoms with van der Waals surface area (Å²) in [6.07, 6.45) is 4.24. The van der Waals surface area contributed by atoms with Crippen LogP contribution in [0, 0.1) is 0 Å². The lowest BCUT2D eigenvalue weighted by atomic mass is 10.0. The molecule has 1 heterocycles. The summed E-state index contributed by atoms with van der Waals surface area (Å²) in [5.41, 5.74) is 3.47. The summed E-state index contributed by atoms with van der Waals surface area (Å²) in [4.78, 5) is 14.7. The molecule has 0 bridgehead atoms. The average Bonchev–Trinajstić information content (AvgIpc) is 2.55. The zero-order valence-corrected chi connectivity index (χ0v) is 15.3. The molecule has 0 spiro atoms. The molecule has 1 aliphatic heterocycles. The first-order chi connectivity index (χ1) is 10.7. The number of likely N-dealkylation sites (tertiary alicyclic amines) is 1. The second-order valence-corrected chi connectivity index (χ2v) is 6.07. The molecule has 1 saturated heterocycles. The Morgan fingerprint density at radius 3 is 2.48 bits per heavy atom. The number of rotatable bonds is 6. The Morgan fingerprint density at radius 1 is 1.26 bits per heavy atom. The zero-order chi connectivity index (χ0) is 15.9. The van der Waals surface area contributed by atoms with Gasteiger partial charge in [-0.15, -0.1) is 12.4 Å². The van der Waals surface area contributed by atoms with Gasteiger partial charge in [-0.3, -0.25) is 9.69 Å². The third-order valence-electron chi connectivity index (χ3n) is 4.54. The van der Waals surface area contributed by atoms with Gasteiger partial charge >= 0.3 is 0 Å². The van der Waals surface area contributed by atoms with E-state index in [1.165, 1.54) is 17.5 Å². The Morgan fingerprint density at radius 2 is 1.91 bits per heavy atom. The van der Waals surface area contributed by atoms with E-state index in [1.54, 1.807) is 0 Å². The monoisotopic (exact) mass is 339 g/mol. The third kappa shape index (κ3) is 5.48. The van der Waals surface area contributed by atoms with Gasteiger partial charge < -0.3 is 10.6 Å². The Labute approximate surface area is 146 Å². The van der Waals surface area contributed by atoms with E-state index < -0.39 is 0 Å². The number of piperidine rings is 1. The predicted molar refractivity (Wildman–Crippen MR) is 99.6 cm³/mol. The van der Waals surface area contributed by atoms with Gasteiger partial charge in [-0.25, -0.2) is 0 Å². The van der Waals surface area contributed by atoms with Crippen LogP contribution in [0.3, 0.4) is 0 Å². The minimum absolute atomic E-state index is 0. The second kappa shape index (κ2) is 9.91. The molecule has 0 aromatic heterocycles. The summed E-state index contributed by atoms with van der Waals surface area (Å²) >= 11 is 0. The average molecular weight is 340 g/mol. The van der Waals surface area contributed by atoms with Gasteiger partial charge in [0.2, 0.25) is 5.91 Å². The maximum Gasteiger partial charge on any atom is 0.238 e. The van der Waals surface area contributed by atoms with Crippen molar-refractivity contribution in [1.29, 1.82) is 0 Å². The number of nitrogens with one attached hydrogen (secondary N) is 2. The van der Waals surface area contributed by atoms with Crippen molar-refractivity contribution >= 4 is 24.0 Å². The van der Waals surface area contributed by atoms with Crippen molar-refractivity contribution in [2.24, 2.45) is 0 Å². The summed E-state index contributed by atoms with van der Waals surface area (Å²) in [5, 5.41) is 6.48. The number of carbonyl (C=O) groups is 1. The molecule has 130 valence electrons. The lowest BCUT2D eigenvalue weighted by Gasteiger charge is -2.32. The Hall–Kier alpha value is -1.10. The molecule has 1 unspecified atom stereocenters. The lowest BCUT2D eigenvalue weighted by Crippen LogP contribution is -2.47. The molecule has 0 saturated carbocycles. The Balaban J connectivity index is 0.00000264. The topological polar surface area (TPSA) is 44.4 Å². The predicted octanol–water partition coefficient (Wildman–Crippen LogP) is 2.86. The van der Waals surface area contributed by atoms with Gasteiger partial charge in [0.05, 0.1) is 6.54 Å². The van der Waals surface area contributed by atoms with E-state index in [1.807, 2.05) is 7.05 Å². The Kier molecular flexibility index (Phi) is 8.59. The van der Waals surface area contributed by atoms with Gasteiger partial charge in [0.15, 0.2) is 0 Å². The van der Waals surface area contributed by atoms with E-state index >= 15 is 0 Å². The molecule has 0 aliphatic carbocycles. The fourth-order valence-electron chi connectivity index (χ4n) is 3.22. The SMILES string of the molecule is CCc1cccc(CC)c1NC(=O)CN1CCCC(NC)C1.Cl. The fourth-order valence-corrected chi connectivity index (χ4v) is 3.22. The molecule has 5 heteroatoms. The maximum atomic E-state index is 12.4. The number of carbonyl (C=O) groups excluding carboxylic acids is 1. The van der Waals surface area contributed by atoms with Gasteiger partial charge in [-0.05, 0) is 50.4 Å². The van der Waals surface area contributed by atoms with Crippen LogP contribution in [0.15, 0.2) is 18.2 Å². The number of likely N-dealkylation sites (N-methyl/N-ethyl adjacent to an activating group) is 1. The number of anilines is 1. The number of hydrogen-bond donors (Lipinski definition) is 2. The van der Waals surface area contributed by atoms with Crippen LogP contribution in [0.25, 0.3) is 0 Å². The van der Waals surface area contributed by atoms with Crippen molar-refractivity contribution in [3.8, 4) is 0 Å². The molecular formula is C18H30ClN3O. The van der Waals surface area contributed by atoms with Gasteiger partial charge in [-0.1, -0.05) is 32.0 Å². The van der Waals surface area contributed by atoms with E-state index in [9.17, 15) is 4.79 Å². The summed E-state index contributed by atoms with van der Waals surface area (Å²) in [6, 6.07) is 6.80. The summed E-state index contributed by atoms with van der Waals surface area (Å²) < 4.78 is 0. The fraction of sp³-hybridized carbons (Fsp3) is 0.611. The van der Waals surface area contributed by atoms with Gasteiger partial charge in [0.25, 0.3) is 0 Å². The van der Waals surface area contributed by atoms with E-state index in [0.717, 1.165) is 38.0 Å². The first kappa shape index (κ1) is 19.9. The highest BCUT2D eigenvalue weighted by Crippen LogP contribution is 2.22. The van der Waals surface area contributed by atoms with Crippen LogP contribution in [0.4, 0.5) is 5.69 Å². The van der Waals surface area contributed by atoms with Crippen molar-refractivity contribution in [3.63, 3.8) is 0 Å². The van der Waals surface area contributed by atoms with E-state index in [2.05, 4.69) is 47.6 Å². The van der Waals surface area contributed by atoms with Crippen molar-refractivity contribution in [2.45, 2.75) is 45.6 Å². The summed E-state index contributed by atoms with van der Waals surface area (Å²) in [7, 11) is 2.00. The van der Waals surface area contributed by atoms with Crippen LogP contribution >= 0.6 is 12.4 Å². The van der Waals surface area contributed by atoms with Gasteiger partial charge in [0, 0.05) is 18.3 Å². The summed E-state index contributed by atoms with van der Waals surface area (Å²) in [5.74, 6) is 0.104. The highest BCUT2D eigenvalue weighted by molar-refractivity contribution is 5.93. The third-order valence-corrected chi connectivity index (χ3v) is 4.54. The van der Waals surface area contributed by atoms with Crippen LogP contribution in [0.2, 0.25) is 0 Å². The quantitative estimate of drug-likeness (QED) is 0.837. The molecule has 0 radical (unpaired) electrons. The summed E-state index contributed by atoms with van der Waals surface area (Å²) in [6.45, 7) is 6.72. The molecule has 1 fully saturated rings. The van der Waals surface area contributed by atoms with Crippen molar-refractivity contribution in [3.05, 3.63) is 29.3 Å². The molecule has 2 N–H and O–H groups in total. The standard InChI is InChI=1S/C18H29N3O.ClH/c1-4-14-8-6-9-15(5-2)18(14)20-17(22)13-21-11-7-10-16(12-21)19-3;/h6,8-9,16,19H,4-5,7,10-13H2,1-3H3,(H,20,22);1H. The molecular weight excluding hydrogens is 310 g/mol. The molecule has 23 heavy (non-hydrogen) atoms. The number of para-hydroxylation sites is 1. The van der Waals surface area contributed by atoms with Gasteiger partial charge in [0.1, 0.15) is 0 Å². The van der Waals surface area contributed by atoms with Crippen LogP contribution in [0.5, 0.6) is 0 Å². The van der Waals surface area contributed by atoms with Gasteiger partial charge in [-0.2, -0.15) is 0 Å². The van der Waals surface area contributed by atoms with E-state index in [4.69, 9.17) is 0 Å². The number of benzene rings is 1. The molecule has 1 aliphatic rings. The van der Waals surface area contributed by atoms with Crippen LogP contribution in [0.1, 0.15) is 37.8 Å². The minimum atomic E-state index is 0. The lowest BCUT2D eigenvalue weighted by molar-refractivity contribution is -0.117. The molecule has 1 atom stereocenters. The number of aryl methyl sites for hydroxylation is 2. The highest BCUT2D eigenvalue weighted by atomic mass is 35.5. The first-order valence-corrected chi connectivity index (χ1v) is 8.48. The second-order valence-electron chi connectivity index (χ2n) is 6.07. The normalized spacial score (nSPS) is 18.3. The number of hydrogen-bond acceptors (Lipinski definition) is 3. The first-order valence-electron chi connectivity index (χ1n) is 8.48. The smallest absolute Gasteiger partial charge is 0.238 e. The number of nitrogens with zero attached hydrogens (tertiary/aromatic N) is 1. The number of halogens is 1. The maximum absolute atomic E-state index is 12.4. The molecule has 1 amide bonds. The van der Waals surface area contributed by atoms with Crippen LogP contribution < -0.4 is 10.6 Å². The zero-order valence-electron chi connectivity index (χ0n) is 14.5. The number of amides is 1. The van der Waals surface area contributed by atoms with Crippen LogP contribution in [-0.2, 0) is 17.6 Å². The molecule has 2 rings (SSSR count). The molecule has 1 aromatic rings. The molecule has 1 aromatic carbocycles. The highest BCUT2D eigenvalue weighted by Gasteiger charge is 2.20. The Bertz CT molecular complexity index is 485. The largest absolute Gasteiger partial charge is 0.324 e. The minimum Gasteiger partial charge on any atom is -0.324 e. The van der Waals surface area contributed by atoms with Crippen molar-refractivity contribution in [2.75, 3.05) is 32.0 Å². The van der Waals surface area contributed by atoms with E-state index in [-0.39, 0.29) is 18.3 Å². The van der Waals surface area contributed by atoms with Crippen LogP contribution in [-0.4, -0.2) is 43.5 Å². The van der Waals surface area contributed by atoms with E-state index in [0.29, 0.717) is 12.6 Å².